The van der Waals surface area contributed by atoms with Crippen LogP contribution in [0.2, 0.25) is 0 Å². The fourth-order valence-corrected chi connectivity index (χ4v) is 4.57. The van der Waals surface area contributed by atoms with Crippen molar-refractivity contribution in [2.75, 3.05) is 13.1 Å². The van der Waals surface area contributed by atoms with E-state index in [9.17, 15) is 14.0 Å². The van der Waals surface area contributed by atoms with Crippen molar-refractivity contribution >= 4 is 23.2 Å². The van der Waals surface area contributed by atoms with Gasteiger partial charge in [0.15, 0.2) is 0 Å². The van der Waals surface area contributed by atoms with E-state index in [0.717, 1.165) is 12.8 Å². The van der Waals surface area contributed by atoms with E-state index in [-0.39, 0.29) is 23.7 Å². The minimum atomic E-state index is -0.829. The summed E-state index contributed by atoms with van der Waals surface area (Å²) in [6.45, 7) is 9.11. The number of nitrogens with zero attached hydrogens (tertiary/aromatic N) is 2. The number of carbonyl (C=O) groups is 2. The Morgan fingerprint density at radius 2 is 1.93 bits per heavy atom. The van der Waals surface area contributed by atoms with E-state index in [0.29, 0.717) is 41.7 Å². The van der Waals surface area contributed by atoms with Gasteiger partial charge in [0.2, 0.25) is 11.8 Å². The molecule has 0 unspecified atom stereocenters. The number of rotatable bonds is 6. The summed E-state index contributed by atoms with van der Waals surface area (Å²) in [4.78, 5) is 31.7. The minimum Gasteiger partial charge on any atom is -0.352 e. The Bertz CT molecular complexity index is 901. The number of hydrogen-bond donors (Lipinski definition) is 1. The maximum atomic E-state index is 14.1. The highest BCUT2D eigenvalue weighted by molar-refractivity contribution is 7.13. The first kappa shape index (κ1) is 22.4. The van der Waals surface area contributed by atoms with Gasteiger partial charge in [0, 0.05) is 36.5 Å². The zero-order chi connectivity index (χ0) is 21.9. The minimum absolute atomic E-state index is 0.0459. The van der Waals surface area contributed by atoms with Gasteiger partial charge in [-0.2, -0.15) is 0 Å². The van der Waals surface area contributed by atoms with Gasteiger partial charge >= 0.3 is 0 Å². The van der Waals surface area contributed by atoms with Crippen molar-refractivity contribution in [3.05, 3.63) is 41.2 Å². The standard InChI is InChI=1S/C23H30FN3O2S/c1-15(2)13-20(28)27-11-9-16(10-12-27)25-22(29)23(3,4)19-14-30-21(26-19)17-7-5-6-8-18(17)24/h5-8,14-16H,9-13H2,1-4H3,(H,25,29). The molecule has 2 amide bonds. The van der Waals surface area contributed by atoms with Crippen LogP contribution in [0.5, 0.6) is 0 Å². The summed E-state index contributed by atoms with van der Waals surface area (Å²) in [5.74, 6) is 0.126. The number of carbonyl (C=O) groups excluding carboxylic acids is 2. The van der Waals surface area contributed by atoms with Gasteiger partial charge in [0.05, 0.1) is 11.1 Å². The lowest BCUT2D eigenvalue weighted by Crippen LogP contribution is -2.50. The van der Waals surface area contributed by atoms with E-state index in [1.165, 1.54) is 17.4 Å². The molecule has 0 atom stereocenters. The van der Waals surface area contributed by atoms with Crippen LogP contribution in [-0.2, 0) is 15.0 Å². The normalized spacial score (nSPS) is 15.5. The first-order chi connectivity index (χ1) is 14.2. The Morgan fingerprint density at radius 1 is 1.27 bits per heavy atom. The molecule has 1 aromatic heterocycles. The van der Waals surface area contributed by atoms with Crippen LogP contribution in [0.1, 0.15) is 52.7 Å². The molecule has 7 heteroatoms. The Labute approximate surface area is 181 Å². The Morgan fingerprint density at radius 3 is 2.57 bits per heavy atom. The molecule has 1 aromatic carbocycles. The second kappa shape index (κ2) is 9.25. The highest BCUT2D eigenvalue weighted by Gasteiger charge is 2.35. The predicted octanol–water partition coefficient (Wildman–Crippen LogP) is 4.38. The Balaban J connectivity index is 1.61. The summed E-state index contributed by atoms with van der Waals surface area (Å²) in [6, 6.07) is 6.57. The van der Waals surface area contributed by atoms with Crippen molar-refractivity contribution < 1.29 is 14.0 Å². The van der Waals surface area contributed by atoms with Gasteiger partial charge in [-0.25, -0.2) is 9.37 Å². The third-order valence-corrected chi connectivity index (χ3v) is 6.46. The average molecular weight is 432 g/mol. The van der Waals surface area contributed by atoms with Crippen LogP contribution in [-0.4, -0.2) is 40.8 Å². The van der Waals surface area contributed by atoms with E-state index >= 15 is 0 Å². The number of thiazole rings is 1. The molecule has 1 fully saturated rings. The number of halogens is 1. The smallest absolute Gasteiger partial charge is 0.231 e. The molecule has 0 saturated carbocycles. The second-order valence-corrected chi connectivity index (χ2v) is 9.73. The summed E-state index contributed by atoms with van der Waals surface area (Å²) in [6.07, 6.45) is 2.07. The number of aromatic nitrogens is 1. The summed E-state index contributed by atoms with van der Waals surface area (Å²) in [7, 11) is 0. The average Bonchev–Trinajstić information content (AvgIpc) is 3.19. The number of benzene rings is 1. The van der Waals surface area contributed by atoms with Crippen LogP contribution in [0.4, 0.5) is 4.39 Å². The van der Waals surface area contributed by atoms with Crippen LogP contribution in [0.15, 0.2) is 29.6 Å². The van der Waals surface area contributed by atoms with Crippen molar-refractivity contribution in [1.29, 1.82) is 0 Å². The third-order valence-electron chi connectivity index (χ3n) is 5.58. The molecule has 0 radical (unpaired) electrons. The van der Waals surface area contributed by atoms with Gasteiger partial charge in [0.25, 0.3) is 0 Å². The first-order valence-electron chi connectivity index (χ1n) is 10.5. The lowest BCUT2D eigenvalue weighted by Gasteiger charge is -2.34. The molecule has 0 spiro atoms. The number of hydrogen-bond acceptors (Lipinski definition) is 4. The molecule has 1 aliphatic heterocycles. The molecule has 0 aliphatic carbocycles. The van der Waals surface area contributed by atoms with Gasteiger partial charge in [-0.3, -0.25) is 9.59 Å². The van der Waals surface area contributed by atoms with Crippen LogP contribution < -0.4 is 5.32 Å². The number of amides is 2. The molecular weight excluding hydrogens is 401 g/mol. The van der Waals surface area contributed by atoms with Crippen molar-refractivity contribution in [3.8, 4) is 10.6 Å². The molecule has 3 rings (SSSR count). The van der Waals surface area contributed by atoms with Gasteiger partial charge in [0.1, 0.15) is 10.8 Å². The third kappa shape index (κ3) is 5.06. The molecule has 1 saturated heterocycles. The van der Waals surface area contributed by atoms with Crippen molar-refractivity contribution in [3.63, 3.8) is 0 Å². The van der Waals surface area contributed by atoms with Gasteiger partial charge in [-0.15, -0.1) is 11.3 Å². The van der Waals surface area contributed by atoms with Crippen LogP contribution >= 0.6 is 11.3 Å². The Kier molecular flexibility index (Phi) is 6.91. The molecule has 5 nitrogen and oxygen atoms in total. The molecule has 162 valence electrons. The van der Waals surface area contributed by atoms with Crippen LogP contribution in [0, 0.1) is 11.7 Å². The lowest BCUT2D eigenvalue weighted by atomic mass is 9.88. The largest absolute Gasteiger partial charge is 0.352 e. The van der Waals surface area contributed by atoms with E-state index in [1.807, 2.05) is 38.0 Å². The maximum absolute atomic E-state index is 14.1. The summed E-state index contributed by atoms with van der Waals surface area (Å²) in [5.41, 5.74) is 0.251. The highest BCUT2D eigenvalue weighted by atomic mass is 32.1. The zero-order valence-corrected chi connectivity index (χ0v) is 18.9. The molecule has 2 heterocycles. The molecular formula is C23H30FN3O2S. The lowest BCUT2D eigenvalue weighted by molar-refractivity contribution is -0.133. The van der Waals surface area contributed by atoms with Gasteiger partial charge < -0.3 is 10.2 Å². The van der Waals surface area contributed by atoms with Crippen molar-refractivity contribution in [1.82, 2.24) is 15.2 Å². The van der Waals surface area contributed by atoms with E-state index in [4.69, 9.17) is 0 Å². The van der Waals surface area contributed by atoms with E-state index < -0.39 is 5.41 Å². The van der Waals surface area contributed by atoms with E-state index in [2.05, 4.69) is 10.3 Å². The zero-order valence-electron chi connectivity index (χ0n) is 18.1. The molecule has 1 N–H and O–H groups in total. The van der Waals surface area contributed by atoms with Gasteiger partial charge in [-0.05, 0) is 44.7 Å². The molecule has 0 bridgehead atoms. The van der Waals surface area contributed by atoms with Crippen molar-refractivity contribution in [2.24, 2.45) is 5.92 Å². The summed E-state index contributed by atoms with van der Waals surface area (Å²) < 4.78 is 14.1. The molecule has 1 aliphatic rings. The van der Waals surface area contributed by atoms with Gasteiger partial charge in [-0.1, -0.05) is 26.0 Å². The fraction of sp³-hybridized carbons (Fsp3) is 0.522. The van der Waals surface area contributed by atoms with Crippen molar-refractivity contribution in [2.45, 2.75) is 58.4 Å². The summed E-state index contributed by atoms with van der Waals surface area (Å²) >= 11 is 1.34. The second-order valence-electron chi connectivity index (χ2n) is 8.87. The molecule has 30 heavy (non-hydrogen) atoms. The van der Waals surface area contributed by atoms with Crippen LogP contribution in [0.25, 0.3) is 10.6 Å². The number of nitrogens with one attached hydrogen (secondary N) is 1. The molecule has 2 aromatic rings. The highest BCUT2D eigenvalue weighted by Crippen LogP contribution is 2.31. The Hall–Kier alpha value is -2.28. The monoisotopic (exact) mass is 431 g/mol. The quantitative estimate of drug-likeness (QED) is 0.738. The topological polar surface area (TPSA) is 62.3 Å². The maximum Gasteiger partial charge on any atom is 0.231 e. The SMILES string of the molecule is CC(C)CC(=O)N1CCC(NC(=O)C(C)(C)c2csc(-c3ccccc3F)n2)CC1. The van der Waals surface area contributed by atoms with Crippen LogP contribution in [0.3, 0.4) is 0 Å². The number of likely N-dealkylation sites (tertiary alicyclic amines) is 1. The predicted molar refractivity (Wildman–Crippen MR) is 118 cm³/mol. The summed E-state index contributed by atoms with van der Waals surface area (Å²) in [5, 5.41) is 5.53. The number of piperidine rings is 1. The van der Waals surface area contributed by atoms with E-state index in [1.54, 1.807) is 18.2 Å². The fourth-order valence-electron chi connectivity index (χ4n) is 3.55. The first-order valence-corrected chi connectivity index (χ1v) is 11.4.